The van der Waals surface area contributed by atoms with Crippen LogP contribution >= 0.6 is 0 Å². The zero-order valence-electron chi connectivity index (χ0n) is 10.3. The standard InChI is InChI=1S/C12H17N3O2/c1-5-7-9(6-2)13-11-10(12(16)17)8(3)14-15(11)4/h1,9,13H,6-7H2,2-4H3,(H,16,17). The Morgan fingerprint density at radius 1 is 1.71 bits per heavy atom. The van der Waals surface area contributed by atoms with Gasteiger partial charge in [-0.1, -0.05) is 6.92 Å². The van der Waals surface area contributed by atoms with Gasteiger partial charge in [0, 0.05) is 19.5 Å². The highest BCUT2D eigenvalue weighted by atomic mass is 16.4. The van der Waals surface area contributed by atoms with E-state index in [0.29, 0.717) is 17.9 Å². The van der Waals surface area contributed by atoms with E-state index in [1.807, 2.05) is 6.92 Å². The summed E-state index contributed by atoms with van der Waals surface area (Å²) in [5.41, 5.74) is 0.709. The molecule has 0 aromatic carbocycles. The zero-order valence-corrected chi connectivity index (χ0v) is 10.3. The summed E-state index contributed by atoms with van der Waals surface area (Å²) >= 11 is 0. The lowest BCUT2D eigenvalue weighted by Gasteiger charge is -2.16. The first-order valence-corrected chi connectivity index (χ1v) is 5.48. The van der Waals surface area contributed by atoms with Crippen molar-refractivity contribution in [1.29, 1.82) is 0 Å². The van der Waals surface area contributed by atoms with Crippen LogP contribution in [-0.2, 0) is 7.05 Å². The van der Waals surface area contributed by atoms with Gasteiger partial charge in [-0.25, -0.2) is 4.79 Å². The van der Waals surface area contributed by atoms with Gasteiger partial charge >= 0.3 is 5.97 Å². The SMILES string of the molecule is C#CCC(CC)Nc1c(C(=O)O)c(C)nn1C. The second-order valence-electron chi connectivity index (χ2n) is 3.90. The Hall–Kier alpha value is -1.96. The summed E-state index contributed by atoms with van der Waals surface area (Å²) in [5.74, 6) is 2.11. The van der Waals surface area contributed by atoms with E-state index in [0.717, 1.165) is 6.42 Å². The van der Waals surface area contributed by atoms with Crippen molar-refractivity contribution in [3.05, 3.63) is 11.3 Å². The molecule has 0 fully saturated rings. The van der Waals surface area contributed by atoms with Crippen LogP contribution in [0.5, 0.6) is 0 Å². The molecule has 1 unspecified atom stereocenters. The van der Waals surface area contributed by atoms with Crippen LogP contribution in [0.25, 0.3) is 0 Å². The van der Waals surface area contributed by atoms with Gasteiger partial charge in [-0.15, -0.1) is 12.3 Å². The Labute approximate surface area is 101 Å². The van der Waals surface area contributed by atoms with Crippen molar-refractivity contribution >= 4 is 11.8 Å². The van der Waals surface area contributed by atoms with E-state index in [1.54, 1.807) is 14.0 Å². The monoisotopic (exact) mass is 235 g/mol. The molecule has 5 heteroatoms. The Morgan fingerprint density at radius 3 is 2.82 bits per heavy atom. The highest BCUT2D eigenvalue weighted by molar-refractivity contribution is 5.94. The third kappa shape index (κ3) is 2.78. The molecule has 17 heavy (non-hydrogen) atoms. The Bertz CT molecular complexity index is 457. The molecule has 1 aromatic heterocycles. The zero-order chi connectivity index (χ0) is 13.0. The largest absolute Gasteiger partial charge is 0.477 e. The number of hydrogen-bond acceptors (Lipinski definition) is 3. The number of nitrogens with zero attached hydrogens (tertiary/aromatic N) is 2. The first-order chi connectivity index (χ1) is 8.01. The van der Waals surface area contributed by atoms with Gasteiger partial charge in [0.2, 0.25) is 0 Å². The van der Waals surface area contributed by atoms with Gasteiger partial charge in [-0.3, -0.25) is 4.68 Å². The first kappa shape index (κ1) is 13.1. The molecule has 2 N–H and O–H groups in total. The predicted molar refractivity (Wildman–Crippen MR) is 66.1 cm³/mol. The van der Waals surface area contributed by atoms with Crippen molar-refractivity contribution in [2.75, 3.05) is 5.32 Å². The molecule has 0 bridgehead atoms. The molecule has 1 aromatic rings. The molecule has 1 heterocycles. The smallest absolute Gasteiger partial charge is 0.341 e. The number of aromatic nitrogens is 2. The summed E-state index contributed by atoms with van der Waals surface area (Å²) in [6, 6.07) is 0.0629. The van der Waals surface area contributed by atoms with Gasteiger partial charge in [0.1, 0.15) is 11.4 Å². The summed E-state index contributed by atoms with van der Waals surface area (Å²) < 4.78 is 1.54. The number of rotatable bonds is 5. The van der Waals surface area contributed by atoms with Gasteiger partial charge in [0.05, 0.1) is 5.69 Å². The molecular formula is C12H17N3O2. The van der Waals surface area contributed by atoms with Crippen molar-refractivity contribution in [2.24, 2.45) is 7.05 Å². The third-order valence-electron chi connectivity index (χ3n) is 2.63. The molecule has 92 valence electrons. The minimum Gasteiger partial charge on any atom is -0.477 e. The predicted octanol–water partition coefficient (Wildman–Crippen LogP) is 1.64. The van der Waals surface area contributed by atoms with Crippen LogP contribution in [0.4, 0.5) is 5.82 Å². The van der Waals surface area contributed by atoms with Crippen LogP contribution in [0.3, 0.4) is 0 Å². The molecular weight excluding hydrogens is 218 g/mol. The maximum absolute atomic E-state index is 11.1. The Morgan fingerprint density at radius 2 is 2.35 bits per heavy atom. The molecule has 0 aliphatic carbocycles. The van der Waals surface area contributed by atoms with Crippen molar-refractivity contribution in [1.82, 2.24) is 9.78 Å². The number of hydrogen-bond donors (Lipinski definition) is 2. The van der Waals surface area contributed by atoms with Crippen molar-refractivity contribution in [3.63, 3.8) is 0 Å². The molecule has 0 radical (unpaired) electrons. The average Bonchev–Trinajstić information content (AvgIpc) is 2.53. The second kappa shape index (κ2) is 5.39. The van der Waals surface area contributed by atoms with Gasteiger partial charge in [0.25, 0.3) is 0 Å². The summed E-state index contributed by atoms with van der Waals surface area (Å²) in [4.78, 5) is 11.1. The van der Waals surface area contributed by atoms with Crippen LogP contribution in [0.15, 0.2) is 0 Å². The highest BCUT2D eigenvalue weighted by Crippen LogP contribution is 2.20. The van der Waals surface area contributed by atoms with Gasteiger partial charge in [-0.05, 0) is 13.3 Å². The number of nitrogens with one attached hydrogen (secondary N) is 1. The van der Waals surface area contributed by atoms with E-state index in [2.05, 4.69) is 16.3 Å². The molecule has 0 aliphatic heterocycles. The lowest BCUT2D eigenvalue weighted by Crippen LogP contribution is -2.21. The lowest BCUT2D eigenvalue weighted by molar-refractivity contribution is 0.0697. The quantitative estimate of drug-likeness (QED) is 0.761. The summed E-state index contributed by atoms with van der Waals surface area (Å²) in [6.45, 7) is 3.68. The van der Waals surface area contributed by atoms with Gasteiger partial charge in [0.15, 0.2) is 0 Å². The molecule has 0 amide bonds. The fraction of sp³-hybridized carbons (Fsp3) is 0.500. The minimum absolute atomic E-state index is 0.0629. The van der Waals surface area contributed by atoms with E-state index in [4.69, 9.17) is 11.5 Å². The number of aromatic carboxylic acids is 1. The fourth-order valence-corrected chi connectivity index (χ4v) is 1.71. The van der Waals surface area contributed by atoms with Crippen LogP contribution in [0, 0.1) is 19.3 Å². The molecule has 5 nitrogen and oxygen atoms in total. The van der Waals surface area contributed by atoms with Crippen LogP contribution in [0.2, 0.25) is 0 Å². The number of carbonyl (C=O) groups is 1. The van der Waals surface area contributed by atoms with Crippen LogP contribution in [-0.4, -0.2) is 26.9 Å². The van der Waals surface area contributed by atoms with Gasteiger partial charge in [-0.2, -0.15) is 5.10 Å². The minimum atomic E-state index is -0.978. The molecule has 1 rings (SSSR count). The second-order valence-corrected chi connectivity index (χ2v) is 3.90. The fourth-order valence-electron chi connectivity index (χ4n) is 1.71. The van der Waals surface area contributed by atoms with Crippen molar-refractivity contribution in [2.45, 2.75) is 32.7 Å². The number of aryl methyl sites for hydroxylation is 2. The lowest BCUT2D eigenvalue weighted by atomic mass is 10.1. The molecule has 0 saturated carbocycles. The number of anilines is 1. The van der Waals surface area contributed by atoms with E-state index in [9.17, 15) is 4.79 Å². The van der Waals surface area contributed by atoms with Crippen LogP contribution < -0.4 is 5.32 Å². The Balaban J connectivity index is 3.05. The van der Waals surface area contributed by atoms with Crippen LogP contribution in [0.1, 0.15) is 35.8 Å². The number of carboxylic acid groups (broad SMARTS) is 1. The Kier molecular flexibility index (Phi) is 4.16. The van der Waals surface area contributed by atoms with Crippen molar-refractivity contribution < 1.29 is 9.90 Å². The molecule has 0 spiro atoms. The normalized spacial score (nSPS) is 11.9. The van der Waals surface area contributed by atoms with E-state index in [1.165, 1.54) is 4.68 Å². The molecule has 1 atom stereocenters. The maximum atomic E-state index is 11.1. The van der Waals surface area contributed by atoms with E-state index >= 15 is 0 Å². The highest BCUT2D eigenvalue weighted by Gasteiger charge is 2.21. The molecule has 0 aliphatic rings. The summed E-state index contributed by atoms with van der Waals surface area (Å²) in [7, 11) is 1.71. The first-order valence-electron chi connectivity index (χ1n) is 5.48. The summed E-state index contributed by atoms with van der Waals surface area (Å²) in [6.07, 6.45) is 6.65. The van der Waals surface area contributed by atoms with E-state index in [-0.39, 0.29) is 11.6 Å². The number of carboxylic acids is 1. The van der Waals surface area contributed by atoms with E-state index < -0.39 is 5.97 Å². The third-order valence-corrected chi connectivity index (χ3v) is 2.63. The maximum Gasteiger partial charge on any atom is 0.341 e. The summed E-state index contributed by atoms with van der Waals surface area (Å²) in [5, 5.41) is 16.4. The molecule has 0 saturated heterocycles. The topological polar surface area (TPSA) is 67.2 Å². The average molecular weight is 235 g/mol. The van der Waals surface area contributed by atoms with Gasteiger partial charge < -0.3 is 10.4 Å². The number of terminal acetylenes is 1. The van der Waals surface area contributed by atoms with Crippen molar-refractivity contribution in [3.8, 4) is 12.3 Å².